The number of amides is 2. The van der Waals surface area contributed by atoms with Crippen molar-refractivity contribution in [2.75, 3.05) is 26.2 Å². The Morgan fingerprint density at radius 2 is 1.71 bits per heavy atom. The molecule has 0 atom stereocenters. The van der Waals surface area contributed by atoms with Crippen molar-refractivity contribution in [2.45, 2.75) is 0 Å². The van der Waals surface area contributed by atoms with Gasteiger partial charge >= 0.3 is 0 Å². The van der Waals surface area contributed by atoms with Crippen LogP contribution in [0.25, 0.3) is 0 Å². The molecule has 0 radical (unpaired) electrons. The van der Waals surface area contributed by atoms with E-state index in [1.807, 2.05) is 6.07 Å². The van der Waals surface area contributed by atoms with E-state index in [-0.39, 0.29) is 11.8 Å². The van der Waals surface area contributed by atoms with Gasteiger partial charge in [0.05, 0.1) is 20.8 Å². The van der Waals surface area contributed by atoms with E-state index in [1.54, 1.807) is 46.2 Å². The summed E-state index contributed by atoms with van der Waals surface area (Å²) in [4.78, 5) is 29.0. The summed E-state index contributed by atoms with van der Waals surface area (Å²) in [6.07, 6.45) is 0. The number of carbonyl (C=O) groups excluding carboxylic acids is 2. The van der Waals surface area contributed by atoms with Gasteiger partial charge < -0.3 is 9.80 Å². The smallest absolute Gasteiger partial charge is 0.264 e. The first-order valence-electron chi connectivity index (χ1n) is 7.42. The minimum atomic E-state index is -0.113. The molecule has 0 N–H and O–H groups in total. The van der Waals surface area contributed by atoms with Crippen molar-refractivity contribution in [3.05, 3.63) is 56.7 Å². The molecule has 0 aliphatic carbocycles. The fourth-order valence-corrected chi connectivity index (χ4v) is 3.61. The Kier molecular flexibility index (Phi) is 4.84. The fraction of sp³-hybridized carbons (Fsp3) is 0.235. The molecular formula is C17H14ClN3O2S. The van der Waals surface area contributed by atoms with Crippen molar-refractivity contribution < 1.29 is 9.59 Å². The van der Waals surface area contributed by atoms with E-state index in [0.717, 1.165) is 0 Å². The maximum Gasteiger partial charge on any atom is 0.264 e. The van der Waals surface area contributed by atoms with Crippen LogP contribution in [0.4, 0.5) is 0 Å². The highest BCUT2D eigenvalue weighted by molar-refractivity contribution is 7.17. The Bertz CT molecular complexity index is 819. The average Bonchev–Trinajstić information content (AvgIpc) is 3.07. The molecule has 2 aromatic rings. The number of thiophene rings is 1. The standard InChI is InChI=1S/C17H14ClN3O2S/c18-15-5-4-14(24-15)17(23)21-8-6-20(7-9-21)16(22)13-3-1-2-12(10-13)11-19/h1-5,10H,6-9H2. The molecule has 0 spiro atoms. The van der Waals surface area contributed by atoms with Crippen molar-refractivity contribution in [3.63, 3.8) is 0 Å². The van der Waals surface area contributed by atoms with Crippen LogP contribution in [0, 0.1) is 11.3 Å². The summed E-state index contributed by atoms with van der Waals surface area (Å²) in [5.41, 5.74) is 0.961. The average molecular weight is 360 g/mol. The molecule has 1 aliphatic heterocycles. The van der Waals surface area contributed by atoms with E-state index in [4.69, 9.17) is 16.9 Å². The van der Waals surface area contributed by atoms with Gasteiger partial charge in [-0.15, -0.1) is 11.3 Å². The Balaban J connectivity index is 1.63. The lowest BCUT2D eigenvalue weighted by molar-refractivity contribution is 0.0538. The van der Waals surface area contributed by atoms with E-state index in [0.29, 0.717) is 46.5 Å². The molecule has 2 heterocycles. The SMILES string of the molecule is N#Cc1cccc(C(=O)N2CCN(C(=O)c3ccc(Cl)s3)CC2)c1. The largest absolute Gasteiger partial charge is 0.335 e. The van der Waals surface area contributed by atoms with Gasteiger partial charge in [-0.05, 0) is 30.3 Å². The van der Waals surface area contributed by atoms with Crippen LogP contribution < -0.4 is 0 Å². The van der Waals surface area contributed by atoms with Gasteiger partial charge in [-0.1, -0.05) is 17.7 Å². The second-order valence-electron chi connectivity index (χ2n) is 5.38. The van der Waals surface area contributed by atoms with Gasteiger partial charge in [0, 0.05) is 31.7 Å². The number of carbonyl (C=O) groups is 2. The van der Waals surface area contributed by atoms with E-state index >= 15 is 0 Å². The maximum absolute atomic E-state index is 12.5. The summed E-state index contributed by atoms with van der Waals surface area (Å²) in [5.74, 6) is -0.163. The molecule has 122 valence electrons. The second-order valence-corrected chi connectivity index (χ2v) is 7.10. The maximum atomic E-state index is 12.5. The van der Waals surface area contributed by atoms with Gasteiger partial charge in [-0.25, -0.2) is 0 Å². The van der Waals surface area contributed by atoms with E-state index in [1.165, 1.54) is 11.3 Å². The summed E-state index contributed by atoms with van der Waals surface area (Å²) < 4.78 is 0.588. The van der Waals surface area contributed by atoms with Crippen molar-refractivity contribution in [1.29, 1.82) is 5.26 Å². The lowest BCUT2D eigenvalue weighted by Gasteiger charge is -2.34. The van der Waals surface area contributed by atoms with Crippen LogP contribution in [0.2, 0.25) is 4.34 Å². The number of rotatable bonds is 2. The van der Waals surface area contributed by atoms with Crippen LogP contribution in [0.3, 0.4) is 0 Å². The molecule has 0 unspecified atom stereocenters. The molecule has 5 nitrogen and oxygen atoms in total. The van der Waals surface area contributed by atoms with Crippen molar-refractivity contribution in [1.82, 2.24) is 9.80 Å². The normalized spacial score (nSPS) is 14.3. The first-order valence-corrected chi connectivity index (χ1v) is 8.62. The predicted octanol–water partition coefficient (Wildman–Crippen LogP) is 2.87. The molecule has 24 heavy (non-hydrogen) atoms. The third-order valence-electron chi connectivity index (χ3n) is 3.88. The van der Waals surface area contributed by atoms with Crippen LogP contribution >= 0.6 is 22.9 Å². The monoisotopic (exact) mass is 359 g/mol. The molecule has 1 aromatic carbocycles. The number of benzene rings is 1. The molecule has 3 rings (SSSR count). The number of hydrogen-bond acceptors (Lipinski definition) is 4. The molecule has 1 aromatic heterocycles. The van der Waals surface area contributed by atoms with Crippen LogP contribution in [0.1, 0.15) is 25.6 Å². The molecule has 0 saturated carbocycles. The van der Waals surface area contributed by atoms with Crippen LogP contribution in [-0.2, 0) is 0 Å². The third-order valence-corrected chi connectivity index (χ3v) is 5.10. The Labute approximate surface area is 148 Å². The quantitative estimate of drug-likeness (QED) is 0.828. The Morgan fingerprint density at radius 1 is 1.04 bits per heavy atom. The number of nitriles is 1. The highest BCUT2D eigenvalue weighted by Crippen LogP contribution is 2.23. The second kappa shape index (κ2) is 7.04. The molecular weight excluding hydrogens is 346 g/mol. The van der Waals surface area contributed by atoms with Gasteiger partial charge in [0.2, 0.25) is 0 Å². The van der Waals surface area contributed by atoms with Gasteiger partial charge in [0.1, 0.15) is 0 Å². The topological polar surface area (TPSA) is 64.4 Å². The predicted molar refractivity (Wildman–Crippen MR) is 92.3 cm³/mol. The van der Waals surface area contributed by atoms with Gasteiger partial charge in [0.25, 0.3) is 11.8 Å². The minimum absolute atomic E-state index is 0.0505. The van der Waals surface area contributed by atoms with Gasteiger partial charge in [0.15, 0.2) is 0 Å². The highest BCUT2D eigenvalue weighted by atomic mass is 35.5. The summed E-state index contributed by atoms with van der Waals surface area (Å²) in [6, 6.07) is 12.1. The Hall–Kier alpha value is -2.36. The van der Waals surface area contributed by atoms with E-state index < -0.39 is 0 Å². The van der Waals surface area contributed by atoms with Crippen LogP contribution in [0.5, 0.6) is 0 Å². The highest BCUT2D eigenvalue weighted by Gasteiger charge is 2.26. The number of piperazine rings is 1. The fourth-order valence-electron chi connectivity index (χ4n) is 2.60. The molecule has 2 amide bonds. The van der Waals surface area contributed by atoms with E-state index in [2.05, 4.69) is 0 Å². The summed E-state index contributed by atoms with van der Waals surface area (Å²) in [5, 5.41) is 8.93. The number of nitrogens with zero attached hydrogens (tertiary/aromatic N) is 3. The van der Waals surface area contributed by atoms with E-state index in [9.17, 15) is 9.59 Å². The minimum Gasteiger partial charge on any atom is -0.335 e. The molecule has 1 saturated heterocycles. The first-order chi connectivity index (χ1) is 11.6. The third kappa shape index (κ3) is 3.42. The zero-order valence-corrected chi connectivity index (χ0v) is 14.3. The van der Waals surface area contributed by atoms with Gasteiger partial charge in [-0.2, -0.15) is 5.26 Å². The van der Waals surface area contributed by atoms with Crippen LogP contribution in [-0.4, -0.2) is 47.8 Å². The Morgan fingerprint density at radius 3 is 2.29 bits per heavy atom. The molecule has 0 bridgehead atoms. The summed E-state index contributed by atoms with van der Waals surface area (Å²) in [6.45, 7) is 1.91. The lowest BCUT2D eigenvalue weighted by atomic mass is 10.1. The summed E-state index contributed by atoms with van der Waals surface area (Å²) in [7, 11) is 0. The summed E-state index contributed by atoms with van der Waals surface area (Å²) >= 11 is 7.13. The van der Waals surface area contributed by atoms with Gasteiger partial charge in [-0.3, -0.25) is 9.59 Å². The van der Waals surface area contributed by atoms with Crippen molar-refractivity contribution in [2.24, 2.45) is 0 Å². The zero-order valence-electron chi connectivity index (χ0n) is 12.7. The number of halogens is 1. The number of hydrogen-bond donors (Lipinski definition) is 0. The zero-order chi connectivity index (χ0) is 17.1. The molecule has 1 fully saturated rings. The molecule has 7 heteroatoms. The first kappa shape index (κ1) is 16.5. The van der Waals surface area contributed by atoms with Crippen molar-refractivity contribution >= 4 is 34.8 Å². The molecule has 1 aliphatic rings. The van der Waals surface area contributed by atoms with Crippen molar-refractivity contribution in [3.8, 4) is 6.07 Å². The van der Waals surface area contributed by atoms with Crippen LogP contribution in [0.15, 0.2) is 36.4 Å². The lowest BCUT2D eigenvalue weighted by Crippen LogP contribution is -2.50.